The van der Waals surface area contributed by atoms with E-state index in [0.29, 0.717) is 6.54 Å². The van der Waals surface area contributed by atoms with Crippen LogP contribution in [0.15, 0.2) is 11.4 Å². The van der Waals surface area contributed by atoms with Crippen molar-refractivity contribution in [2.75, 3.05) is 19.6 Å². The lowest BCUT2D eigenvalue weighted by Gasteiger charge is -2.19. The summed E-state index contributed by atoms with van der Waals surface area (Å²) in [5.41, 5.74) is 6.19. The second-order valence-corrected chi connectivity index (χ2v) is 5.29. The molecule has 0 saturated carbocycles. The second-order valence-electron chi connectivity index (χ2n) is 4.38. The number of nitrogens with two attached hydrogens (primary N) is 1. The normalized spacial score (nSPS) is 15.7. The van der Waals surface area contributed by atoms with Gasteiger partial charge in [0.15, 0.2) is 0 Å². The van der Waals surface area contributed by atoms with Crippen LogP contribution in [0.3, 0.4) is 0 Å². The van der Waals surface area contributed by atoms with E-state index < -0.39 is 0 Å². The third-order valence-electron chi connectivity index (χ3n) is 3.08. The summed E-state index contributed by atoms with van der Waals surface area (Å²) in [5.74, 6) is 5.92. The van der Waals surface area contributed by atoms with Crippen LogP contribution in [0.2, 0.25) is 0 Å². The number of hydrogen-bond donors (Lipinski definition) is 1. The molecule has 4 heteroatoms. The van der Waals surface area contributed by atoms with Gasteiger partial charge in [-0.25, -0.2) is 0 Å². The minimum atomic E-state index is 0.133. The molecule has 0 spiro atoms. The molecular weight excluding hydrogens is 244 g/mol. The van der Waals surface area contributed by atoms with Gasteiger partial charge in [0.25, 0.3) is 5.91 Å². The highest BCUT2D eigenvalue weighted by molar-refractivity contribution is 7.12. The molecule has 1 fully saturated rings. The van der Waals surface area contributed by atoms with E-state index in [2.05, 4.69) is 11.8 Å². The maximum Gasteiger partial charge on any atom is 0.265 e. The zero-order chi connectivity index (χ0) is 12.8. The minimum Gasteiger partial charge on any atom is -0.338 e. The van der Waals surface area contributed by atoms with Crippen molar-refractivity contribution in [3.63, 3.8) is 0 Å². The molecule has 0 aliphatic carbocycles. The van der Waals surface area contributed by atoms with Gasteiger partial charge in [-0.1, -0.05) is 24.7 Å². The number of rotatable bonds is 1. The number of carbonyl (C=O) groups excluding carboxylic acids is 1. The second kappa shape index (κ2) is 6.58. The minimum absolute atomic E-state index is 0.133. The first-order chi connectivity index (χ1) is 8.83. The Morgan fingerprint density at radius 2 is 2.06 bits per heavy atom. The van der Waals surface area contributed by atoms with Crippen molar-refractivity contribution in [3.05, 3.63) is 21.9 Å². The van der Waals surface area contributed by atoms with E-state index in [-0.39, 0.29) is 5.91 Å². The largest absolute Gasteiger partial charge is 0.338 e. The average molecular weight is 262 g/mol. The van der Waals surface area contributed by atoms with Gasteiger partial charge in [-0.2, -0.15) is 0 Å². The molecule has 0 unspecified atom stereocenters. The number of carbonyl (C=O) groups is 1. The predicted octanol–water partition coefficient (Wildman–Crippen LogP) is 2.07. The highest BCUT2D eigenvalue weighted by atomic mass is 32.1. The molecule has 1 amide bonds. The number of amides is 1. The maximum atomic E-state index is 12.4. The molecule has 2 N–H and O–H groups in total. The molecule has 3 nitrogen and oxygen atoms in total. The first kappa shape index (κ1) is 13.1. The first-order valence-electron chi connectivity index (χ1n) is 6.38. The predicted molar refractivity (Wildman–Crippen MR) is 74.6 cm³/mol. The van der Waals surface area contributed by atoms with Crippen molar-refractivity contribution >= 4 is 17.2 Å². The van der Waals surface area contributed by atoms with Crippen LogP contribution in [-0.2, 0) is 0 Å². The van der Waals surface area contributed by atoms with Gasteiger partial charge in [0.2, 0.25) is 0 Å². The Hall–Kier alpha value is -1.31. The zero-order valence-corrected chi connectivity index (χ0v) is 11.3. The standard InChI is InChI=1S/C14H18N2OS/c15-8-5-6-12-7-11-18-13(12)14(17)16-9-3-1-2-4-10-16/h7,11H,1-4,8-10,15H2. The van der Waals surface area contributed by atoms with Gasteiger partial charge in [0.1, 0.15) is 4.88 Å². The summed E-state index contributed by atoms with van der Waals surface area (Å²) in [5, 5.41) is 1.92. The van der Waals surface area contributed by atoms with E-state index in [1.54, 1.807) is 0 Å². The number of thiophene rings is 1. The summed E-state index contributed by atoms with van der Waals surface area (Å²) in [6.45, 7) is 2.08. The molecule has 1 saturated heterocycles. The van der Waals surface area contributed by atoms with Crippen molar-refractivity contribution in [1.29, 1.82) is 0 Å². The molecule has 1 aromatic rings. The molecule has 0 radical (unpaired) electrons. The summed E-state index contributed by atoms with van der Waals surface area (Å²) in [6.07, 6.45) is 4.68. The molecule has 2 rings (SSSR count). The van der Waals surface area contributed by atoms with Crippen LogP contribution >= 0.6 is 11.3 Å². The van der Waals surface area contributed by atoms with E-state index in [1.807, 2.05) is 16.3 Å². The van der Waals surface area contributed by atoms with Gasteiger partial charge in [0.05, 0.1) is 6.54 Å². The summed E-state index contributed by atoms with van der Waals surface area (Å²) in [4.78, 5) is 15.2. The fourth-order valence-electron chi connectivity index (χ4n) is 2.14. The lowest BCUT2D eigenvalue weighted by molar-refractivity contribution is 0.0766. The average Bonchev–Trinajstić information content (AvgIpc) is 2.68. The fourth-order valence-corrected chi connectivity index (χ4v) is 2.95. The van der Waals surface area contributed by atoms with Crippen LogP contribution < -0.4 is 5.73 Å². The molecule has 0 atom stereocenters. The fraction of sp³-hybridized carbons (Fsp3) is 0.500. The molecule has 2 heterocycles. The molecule has 0 aromatic carbocycles. The third-order valence-corrected chi connectivity index (χ3v) is 3.98. The Kier molecular flexibility index (Phi) is 4.80. The van der Waals surface area contributed by atoms with Crippen LogP contribution in [0.25, 0.3) is 0 Å². The van der Waals surface area contributed by atoms with Crippen molar-refractivity contribution in [2.24, 2.45) is 5.73 Å². The van der Waals surface area contributed by atoms with Crippen LogP contribution in [0, 0.1) is 11.8 Å². The van der Waals surface area contributed by atoms with Crippen molar-refractivity contribution in [3.8, 4) is 11.8 Å². The Morgan fingerprint density at radius 3 is 2.72 bits per heavy atom. The smallest absolute Gasteiger partial charge is 0.265 e. The first-order valence-corrected chi connectivity index (χ1v) is 7.26. The molecule has 1 aliphatic heterocycles. The lowest BCUT2D eigenvalue weighted by atomic mass is 10.2. The summed E-state index contributed by atoms with van der Waals surface area (Å²) in [6, 6.07) is 1.90. The van der Waals surface area contributed by atoms with Gasteiger partial charge < -0.3 is 10.6 Å². The monoisotopic (exact) mass is 262 g/mol. The SMILES string of the molecule is NCC#Cc1ccsc1C(=O)N1CCCCCC1. The third kappa shape index (κ3) is 3.12. The van der Waals surface area contributed by atoms with Crippen molar-refractivity contribution < 1.29 is 4.79 Å². The summed E-state index contributed by atoms with van der Waals surface area (Å²) in [7, 11) is 0. The van der Waals surface area contributed by atoms with E-state index >= 15 is 0 Å². The molecule has 1 aliphatic rings. The van der Waals surface area contributed by atoms with E-state index in [0.717, 1.165) is 36.4 Å². The van der Waals surface area contributed by atoms with Crippen LogP contribution in [0.4, 0.5) is 0 Å². The van der Waals surface area contributed by atoms with Gasteiger partial charge in [0, 0.05) is 18.7 Å². The highest BCUT2D eigenvalue weighted by Crippen LogP contribution is 2.20. The number of nitrogens with zero attached hydrogens (tertiary/aromatic N) is 1. The maximum absolute atomic E-state index is 12.4. The molecule has 0 bridgehead atoms. The number of hydrogen-bond acceptors (Lipinski definition) is 3. The van der Waals surface area contributed by atoms with Crippen LogP contribution in [-0.4, -0.2) is 30.4 Å². The van der Waals surface area contributed by atoms with Gasteiger partial charge in [-0.3, -0.25) is 4.79 Å². The quantitative estimate of drug-likeness (QED) is 0.788. The van der Waals surface area contributed by atoms with Crippen molar-refractivity contribution in [1.82, 2.24) is 4.90 Å². The summed E-state index contributed by atoms with van der Waals surface area (Å²) >= 11 is 1.47. The van der Waals surface area contributed by atoms with Gasteiger partial charge in [-0.15, -0.1) is 11.3 Å². The molecule has 96 valence electrons. The van der Waals surface area contributed by atoms with E-state index in [9.17, 15) is 4.79 Å². The van der Waals surface area contributed by atoms with E-state index in [1.165, 1.54) is 24.2 Å². The summed E-state index contributed by atoms with van der Waals surface area (Å²) < 4.78 is 0. The lowest BCUT2D eigenvalue weighted by Crippen LogP contribution is -2.31. The van der Waals surface area contributed by atoms with Gasteiger partial charge >= 0.3 is 0 Å². The Bertz CT molecular complexity index is 462. The Morgan fingerprint density at radius 1 is 1.33 bits per heavy atom. The molecule has 18 heavy (non-hydrogen) atoms. The van der Waals surface area contributed by atoms with E-state index in [4.69, 9.17) is 5.73 Å². The molecular formula is C14H18N2OS. The Labute approximate surface area is 112 Å². The topological polar surface area (TPSA) is 46.3 Å². The van der Waals surface area contributed by atoms with Gasteiger partial charge in [-0.05, 0) is 24.3 Å². The van der Waals surface area contributed by atoms with Crippen LogP contribution in [0.1, 0.15) is 40.9 Å². The Balaban J connectivity index is 2.14. The number of likely N-dealkylation sites (tertiary alicyclic amines) is 1. The highest BCUT2D eigenvalue weighted by Gasteiger charge is 2.20. The van der Waals surface area contributed by atoms with Crippen LogP contribution in [0.5, 0.6) is 0 Å². The van der Waals surface area contributed by atoms with Crippen molar-refractivity contribution in [2.45, 2.75) is 25.7 Å². The molecule has 1 aromatic heterocycles. The zero-order valence-electron chi connectivity index (χ0n) is 10.4.